The van der Waals surface area contributed by atoms with Gasteiger partial charge in [-0.1, -0.05) is 19.3 Å². The minimum absolute atomic E-state index is 0.813. The highest BCUT2D eigenvalue weighted by Gasteiger charge is 2.19. The Hall–Kier alpha value is -1.62. The highest BCUT2D eigenvalue weighted by atomic mass is 15.4. The normalized spacial score (nSPS) is 16.2. The molecule has 2 aromatic heterocycles. The molecule has 5 nitrogen and oxygen atoms in total. The van der Waals surface area contributed by atoms with Crippen LogP contribution in [0.3, 0.4) is 0 Å². The molecule has 0 N–H and O–H groups in total. The van der Waals surface area contributed by atoms with Crippen molar-refractivity contribution in [2.24, 2.45) is 5.92 Å². The molecule has 0 spiro atoms. The van der Waals surface area contributed by atoms with Crippen molar-refractivity contribution in [3.63, 3.8) is 0 Å². The maximum absolute atomic E-state index is 4.66. The fraction of sp³-hybridized carbons (Fsp3) is 0.684. The van der Waals surface area contributed by atoms with Gasteiger partial charge >= 0.3 is 0 Å². The summed E-state index contributed by atoms with van der Waals surface area (Å²) in [6, 6.07) is 4.31. The van der Waals surface area contributed by atoms with Crippen molar-refractivity contribution in [2.45, 2.75) is 73.1 Å². The minimum Gasteiger partial charge on any atom is -0.265 e. The Morgan fingerprint density at radius 3 is 1.79 bits per heavy atom. The molecular formula is C19H31N5. The molecule has 0 saturated heterocycles. The zero-order valence-electron chi connectivity index (χ0n) is 15.6. The van der Waals surface area contributed by atoms with E-state index in [1.54, 1.807) is 0 Å². The van der Waals surface area contributed by atoms with E-state index in [-0.39, 0.29) is 0 Å². The van der Waals surface area contributed by atoms with Crippen LogP contribution in [-0.4, -0.2) is 31.0 Å². The smallest absolute Gasteiger partial charge is 0.0946 e. The topological polar surface area (TPSA) is 38.9 Å². The van der Waals surface area contributed by atoms with Crippen molar-refractivity contribution < 1.29 is 0 Å². The quantitative estimate of drug-likeness (QED) is 0.809. The maximum atomic E-state index is 4.66. The van der Waals surface area contributed by atoms with Crippen LogP contribution in [0.2, 0.25) is 0 Å². The molecule has 1 aliphatic rings. The number of hydrogen-bond donors (Lipinski definition) is 0. The summed E-state index contributed by atoms with van der Waals surface area (Å²) in [6.07, 6.45) is 6.91. The van der Waals surface area contributed by atoms with Crippen molar-refractivity contribution in [1.82, 2.24) is 24.5 Å². The van der Waals surface area contributed by atoms with E-state index >= 15 is 0 Å². The van der Waals surface area contributed by atoms with Gasteiger partial charge in [0.05, 0.1) is 24.7 Å². The van der Waals surface area contributed by atoms with Crippen LogP contribution >= 0.6 is 0 Å². The second-order valence-corrected chi connectivity index (χ2v) is 7.49. The first-order valence-electron chi connectivity index (χ1n) is 9.26. The first-order valence-corrected chi connectivity index (χ1v) is 9.26. The largest absolute Gasteiger partial charge is 0.265 e. The van der Waals surface area contributed by atoms with Gasteiger partial charge in [-0.3, -0.25) is 14.3 Å². The first-order chi connectivity index (χ1) is 11.5. The van der Waals surface area contributed by atoms with Gasteiger partial charge in [0.2, 0.25) is 0 Å². The van der Waals surface area contributed by atoms with Gasteiger partial charge in [-0.05, 0) is 58.6 Å². The van der Waals surface area contributed by atoms with Crippen LogP contribution in [0.4, 0.5) is 0 Å². The number of nitrogens with zero attached hydrogens (tertiary/aromatic N) is 5. The van der Waals surface area contributed by atoms with Crippen LogP contribution in [0, 0.1) is 33.6 Å². The lowest BCUT2D eigenvalue weighted by atomic mass is 9.89. The summed E-state index contributed by atoms with van der Waals surface area (Å²) in [7, 11) is 0. The molecule has 0 aromatic carbocycles. The van der Waals surface area contributed by atoms with Crippen molar-refractivity contribution in [1.29, 1.82) is 0 Å². The van der Waals surface area contributed by atoms with Gasteiger partial charge in [0, 0.05) is 17.9 Å². The van der Waals surface area contributed by atoms with E-state index in [1.807, 2.05) is 0 Å². The summed E-state index contributed by atoms with van der Waals surface area (Å²) < 4.78 is 4.26. The molecule has 0 unspecified atom stereocenters. The third-order valence-corrected chi connectivity index (χ3v) is 5.12. The molecule has 0 bridgehead atoms. The van der Waals surface area contributed by atoms with Crippen molar-refractivity contribution >= 4 is 0 Å². The Balaban J connectivity index is 1.74. The second-order valence-electron chi connectivity index (χ2n) is 7.49. The third kappa shape index (κ3) is 4.26. The van der Waals surface area contributed by atoms with Gasteiger partial charge in [0.25, 0.3) is 0 Å². The Morgan fingerprint density at radius 1 is 0.875 bits per heavy atom. The maximum Gasteiger partial charge on any atom is 0.0946 e. The zero-order chi connectivity index (χ0) is 17.1. The molecule has 2 aromatic rings. The van der Waals surface area contributed by atoms with Crippen molar-refractivity contribution in [3.05, 3.63) is 34.9 Å². The minimum atomic E-state index is 0.813. The third-order valence-electron chi connectivity index (χ3n) is 5.12. The van der Waals surface area contributed by atoms with Gasteiger partial charge in [0.1, 0.15) is 0 Å². The number of aromatic nitrogens is 4. The van der Waals surface area contributed by atoms with E-state index in [1.165, 1.54) is 43.5 Å². The van der Waals surface area contributed by atoms with Crippen LogP contribution in [0.25, 0.3) is 0 Å². The predicted octanol–water partition coefficient (Wildman–Crippen LogP) is 3.81. The fourth-order valence-corrected chi connectivity index (χ4v) is 3.91. The lowest BCUT2D eigenvalue weighted by molar-refractivity contribution is 0.113. The Morgan fingerprint density at radius 2 is 1.38 bits per heavy atom. The van der Waals surface area contributed by atoms with Crippen LogP contribution in [-0.2, 0) is 13.3 Å². The van der Waals surface area contributed by atoms with E-state index in [4.69, 9.17) is 0 Å². The SMILES string of the molecule is Cc1cc(C)n(CN(CC2CCCCC2)Cn2nc(C)cc2C)n1. The summed E-state index contributed by atoms with van der Waals surface area (Å²) in [5.74, 6) is 0.813. The summed E-state index contributed by atoms with van der Waals surface area (Å²) in [5.41, 5.74) is 4.65. The lowest BCUT2D eigenvalue weighted by Gasteiger charge is -2.30. The molecule has 1 fully saturated rings. The van der Waals surface area contributed by atoms with Crippen LogP contribution in [0.1, 0.15) is 54.9 Å². The summed E-state index contributed by atoms with van der Waals surface area (Å²) in [4.78, 5) is 2.51. The number of hydrogen-bond acceptors (Lipinski definition) is 3. The number of rotatable bonds is 6. The average Bonchev–Trinajstić information content (AvgIpc) is 3.01. The van der Waals surface area contributed by atoms with Gasteiger partial charge in [-0.15, -0.1) is 0 Å². The van der Waals surface area contributed by atoms with Crippen molar-refractivity contribution in [3.8, 4) is 0 Å². The van der Waals surface area contributed by atoms with E-state index in [9.17, 15) is 0 Å². The zero-order valence-corrected chi connectivity index (χ0v) is 15.6. The van der Waals surface area contributed by atoms with Crippen LogP contribution < -0.4 is 0 Å². The molecule has 0 amide bonds. The van der Waals surface area contributed by atoms with Gasteiger partial charge in [-0.2, -0.15) is 10.2 Å². The van der Waals surface area contributed by atoms with Crippen molar-refractivity contribution in [2.75, 3.05) is 6.54 Å². The molecule has 24 heavy (non-hydrogen) atoms. The average molecular weight is 329 g/mol. The van der Waals surface area contributed by atoms with Gasteiger partial charge in [0.15, 0.2) is 0 Å². The molecule has 3 rings (SSSR count). The molecule has 0 atom stereocenters. The predicted molar refractivity (Wildman–Crippen MR) is 96.7 cm³/mol. The Labute approximate surface area is 145 Å². The summed E-state index contributed by atoms with van der Waals surface area (Å²) in [5, 5.41) is 9.32. The van der Waals surface area contributed by atoms with Gasteiger partial charge < -0.3 is 0 Å². The first kappa shape index (κ1) is 17.2. The molecule has 1 aliphatic carbocycles. The van der Waals surface area contributed by atoms with Crippen LogP contribution in [0.5, 0.6) is 0 Å². The monoisotopic (exact) mass is 329 g/mol. The summed E-state index contributed by atoms with van der Waals surface area (Å²) in [6.45, 7) is 11.2. The summed E-state index contributed by atoms with van der Waals surface area (Å²) >= 11 is 0. The number of aryl methyl sites for hydroxylation is 4. The van der Waals surface area contributed by atoms with E-state index in [2.05, 4.69) is 64.3 Å². The van der Waals surface area contributed by atoms with Gasteiger partial charge in [-0.25, -0.2) is 0 Å². The highest BCUT2D eigenvalue weighted by molar-refractivity contribution is 5.07. The Kier molecular flexibility index (Phi) is 5.39. The fourth-order valence-electron chi connectivity index (χ4n) is 3.91. The van der Waals surface area contributed by atoms with E-state index in [0.717, 1.165) is 37.2 Å². The Bertz CT molecular complexity index is 615. The standard InChI is InChI=1S/C19H31N5/c1-15-10-17(3)23(20-15)13-22(12-19-8-6-5-7-9-19)14-24-18(4)11-16(2)21-24/h10-11,19H,5-9,12-14H2,1-4H3. The molecular weight excluding hydrogens is 298 g/mol. The molecule has 2 heterocycles. The molecule has 5 heteroatoms. The highest BCUT2D eigenvalue weighted by Crippen LogP contribution is 2.25. The van der Waals surface area contributed by atoms with E-state index in [0.29, 0.717) is 0 Å². The molecule has 132 valence electrons. The second kappa shape index (κ2) is 7.51. The molecule has 0 aliphatic heterocycles. The lowest BCUT2D eigenvalue weighted by Crippen LogP contribution is -2.35. The van der Waals surface area contributed by atoms with E-state index < -0.39 is 0 Å². The molecule has 0 radical (unpaired) electrons. The van der Waals surface area contributed by atoms with Crippen LogP contribution in [0.15, 0.2) is 12.1 Å². The molecule has 1 saturated carbocycles.